The fourth-order valence-electron chi connectivity index (χ4n) is 2.52. The fraction of sp³-hybridized carbons (Fsp3) is 0.714. The van der Waals surface area contributed by atoms with Gasteiger partial charge in [-0.2, -0.15) is 0 Å². The third kappa shape index (κ3) is 4.26. The lowest BCUT2D eigenvalue weighted by Crippen LogP contribution is -2.58. The molecule has 3 N–H and O–H groups in total. The van der Waals surface area contributed by atoms with Crippen LogP contribution in [0.2, 0.25) is 0 Å². The summed E-state index contributed by atoms with van der Waals surface area (Å²) in [7, 11) is 0. The normalized spacial score (nSPS) is 26.5. The average molecular weight is 268 g/mol. The van der Waals surface area contributed by atoms with Crippen LogP contribution in [0, 0.1) is 5.92 Å². The Bertz CT molecular complexity index is 334. The second kappa shape index (κ2) is 7.16. The molecule has 0 aliphatic heterocycles. The first-order valence-electron chi connectivity index (χ1n) is 6.94. The summed E-state index contributed by atoms with van der Waals surface area (Å²) in [4.78, 5) is 23.2. The van der Waals surface area contributed by atoms with Gasteiger partial charge in [-0.3, -0.25) is 0 Å². The maximum atomic E-state index is 11.7. The van der Waals surface area contributed by atoms with E-state index in [1.54, 1.807) is 6.08 Å². The third-order valence-electron chi connectivity index (χ3n) is 3.93. The monoisotopic (exact) mass is 268 g/mol. The topological polar surface area (TPSA) is 78.4 Å². The Hall–Kier alpha value is -1.52. The number of nitrogens with one attached hydrogen (secondary N) is 2. The number of urea groups is 1. The van der Waals surface area contributed by atoms with Crippen LogP contribution in [0.25, 0.3) is 0 Å². The van der Waals surface area contributed by atoms with Crippen LogP contribution in [0.3, 0.4) is 0 Å². The highest BCUT2D eigenvalue weighted by Crippen LogP contribution is 2.33. The Kier molecular flexibility index (Phi) is 5.86. The number of hydrogen-bond donors (Lipinski definition) is 3. The molecule has 0 aromatic rings. The Morgan fingerprint density at radius 3 is 2.53 bits per heavy atom. The number of aliphatic carboxylic acids is 1. The Balaban J connectivity index is 2.56. The molecule has 1 aliphatic rings. The first-order valence-corrected chi connectivity index (χ1v) is 6.94. The van der Waals surface area contributed by atoms with Gasteiger partial charge in [-0.05, 0) is 38.0 Å². The van der Waals surface area contributed by atoms with Crippen molar-refractivity contribution in [2.24, 2.45) is 5.92 Å². The van der Waals surface area contributed by atoms with E-state index in [1.807, 2.05) is 0 Å². The van der Waals surface area contributed by atoms with Gasteiger partial charge in [0.05, 0.1) is 0 Å². The molecule has 1 rings (SSSR count). The molecule has 2 amide bonds. The first-order chi connectivity index (χ1) is 9.04. The molecule has 0 aromatic carbocycles. The second-order valence-electron chi connectivity index (χ2n) is 5.20. The summed E-state index contributed by atoms with van der Waals surface area (Å²) in [6.07, 6.45) is 6.18. The average Bonchev–Trinajstić information content (AvgIpc) is 2.39. The fourth-order valence-corrected chi connectivity index (χ4v) is 2.52. The van der Waals surface area contributed by atoms with Crippen molar-refractivity contribution < 1.29 is 14.7 Å². The van der Waals surface area contributed by atoms with E-state index in [2.05, 4.69) is 24.1 Å². The summed E-state index contributed by atoms with van der Waals surface area (Å²) in [5.74, 6) is -0.348. The van der Waals surface area contributed by atoms with Crippen LogP contribution in [-0.4, -0.2) is 29.2 Å². The molecular formula is C14H24N2O3. The molecule has 0 bridgehead atoms. The standard InChI is InChI=1S/C14H24N2O3/c1-3-5-10-15-13(19)16-14(12(17)18)8-6-11(4-2)7-9-14/h3,11H,1,4-10H2,2H3,(H,17,18)(H2,15,16,19). The molecule has 5 nitrogen and oxygen atoms in total. The summed E-state index contributed by atoms with van der Waals surface area (Å²) in [5.41, 5.74) is -1.09. The maximum absolute atomic E-state index is 11.7. The van der Waals surface area contributed by atoms with E-state index in [1.165, 1.54) is 0 Å². The minimum absolute atomic E-state index is 0.404. The van der Waals surface area contributed by atoms with Crippen LogP contribution < -0.4 is 10.6 Å². The molecule has 0 radical (unpaired) electrons. The van der Waals surface area contributed by atoms with E-state index in [9.17, 15) is 14.7 Å². The highest BCUT2D eigenvalue weighted by atomic mass is 16.4. The minimum atomic E-state index is -1.09. The van der Waals surface area contributed by atoms with Crippen LogP contribution >= 0.6 is 0 Å². The van der Waals surface area contributed by atoms with Gasteiger partial charge in [0.15, 0.2) is 0 Å². The van der Waals surface area contributed by atoms with Crippen LogP contribution in [-0.2, 0) is 4.79 Å². The highest BCUT2D eigenvalue weighted by Gasteiger charge is 2.42. The van der Waals surface area contributed by atoms with Gasteiger partial charge in [-0.15, -0.1) is 6.58 Å². The van der Waals surface area contributed by atoms with Gasteiger partial charge in [-0.25, -0.2) is 9.59 Å². The first kappa shape index (κ1) is 15.5. The molecule has 0 unspecified atom stereocenters. The molecule has 108 valence electrons. The molecule has 1 saturated carbocycles. The van der Waals surface area contributed by atoms with Crippen LogP contribution in [0.15, 0.2) is 12.7 Å². The molecule has 1 fully saturated rings. The lowest BCUT2D eigenvalue weighted by atomic mass is 9.75. The number of carboxylic acid groups (broad SMARTS) is 1. The third-order valence-corrected chi connectivity index (χ3v) is 3.93. The second-order valence-corrected chi connectivity index (χ2v) is 5.20. The highest BCUT2D eigenvalue weighted by molar-refractivity contribution is 5.86. The van der Waals surface area contributed by atoms with Gasteiger partial charge < -0.3 is 15.7 Å². The SMILES string of the molecule is C=CCCNC(=O)NC1(C(=O)O)CCC(CC)CC1. The number of rotatable bonds is 6. The molecule has 0 heterocycles. The predicted octanol–water partition coefficient (Wildman–Crippen LogP) is 2.29. The number of amides is 2. The van der Waals surface area contributed by atoms with Crippen molar-refractivity contribution in [1.29, 1.82) is 0 Å². The number of carbonyl (C=O) groups is 2. The summed E-state index contributed by atoms with van der Waals surface area (Å²) >= 11 is 0. The molecule has 0 aromatic heterocycles. The quantitative estimate of drug-likeness (QED) is 0.511. The molecule has 0 spiro atoms. The zero-order valence-corrected chi connectivity index (χ0v) is 11.6. The predicted molar refractivity (Wildman–Crippen MR) is 74.0 cm³/mol. The van der Waals surface area contributed by atoms with Crippen molar-refractivity contribution in [1.82, 2.24) is 10.6 Å². The van der Waals surface area contributed by atoms with Crippen molar-refractivity contribution in [2.45, 2.75) is 51.0 Å². The lowest BCUT2D eigenvalue weighted by Gasteiger charge is -2.37. The molecule has 1 aliphatic carbocycles. The summed E-state index contributed by atoms with van der Waals surface area (Å²) in [6.45, 7) is 6.16. The van der Waals surface area contributed by atoms with Crippen LogP contribution in [0.5, 0.6) is 0 Å². The Morgan fingerprint density at radius 1 is 1.42 bits per heavy atom. The number of hydrogen-bond acceptors (Lipinski definition) is 2. The molecule has 19 heavy (non-hydrogen) atoms. The lowest BCUT2D eigenvalue weighted by molar-refractivity contribution is -0.146. The summed E-state index contributed by atoms with van der Waals surface area (Å²) < 4.78 is 0. The van der Waals surface area contributed by atoms with Crippen molar-refractivity contribution in [3.63, 3.8) is 0 Å². The van der Waals surface area contributed by atoms with E-state index in [0.29, 0.717) is 31.7 Å². The summed E-state index contributed by atoms with van der Waals surface area (Å²) in [5, 5.41) is 14.7. The van der Waals surface area contributed by atoms with E-state index in [-0.39, 0.29) is 0 Å². The largest absolute Gasteiger partial charge is 0.480 e. The van der Waals surface area contributed by atoms with Gasteiger partial charge in [0.25, 0.3) is 0 Å². The van der Waals surface area contributed by atoms with E-state index in [4.69, 9.17) is 0 Å². The molecule has 5 heteroatoms. The van der Waals surface area contributed by atoms with E-state index < -0.39 is 17.5 Å². The maximum Gasteiger partial charge on any atom is 0.329 e. The molecule has 0 atom stereocenters. The zero-order valence-electron chi connectivity index (χ0n) is 11.6. The van der Waals surface area contributed by atoms with Crippen molar-refractivity contribution in [3.8, 4) is 0 Å². The van der Waals surface area contributed by atoms with Gasteiger partial charge in [-0.1, -0.05) is 19.4 Å². The van der Waals surface area contributed by atoms with Crippen molar-refractivity contribution in [2.75, 3.05) is 6.54 Å². The number of carbonyl (C=O) groups excluding carboxylic acids is 1. The zero-order chi connectivity index (χ0) is 14.3. The van der Waals surface area contributed by atoms with E-state index >= 15 is 0 Å². The van der Waals surface area contributed by atoms with Crippen molar-refractivity contribution >= 4 is 12.0 Å². The van der Waals surface area contributed by atoms with Gasteiger partial charge in [0.1, 0.15) is 5.54 Å². The van der Waals surface area contributed by atoms with Gasteiger partial charge >= 0.3 is 12.0 Å². The van der Waals surface area contributed by atoms with Gasteiger partial charge in [0.2, 0.25) is 0 Å². The van der Waals surface area contributed by atoms with E-state index in [0.717, 1.165) is 19.3 Å². The number of carboxylic acids is 1. The Labute approximate surface area is 114 Å². The molecular weight excluding hydrogens is 244 g/mol. The summed E-state index contributed by atoms with van der Waals surface area (Å²) in [6, 6.07) is -0.404. The Morgan fingerprint density at radius 2 is 2.05 bits per heavy atom. The van der Waals surface area contributed by atoms with Crippen molar-refractivity contribution in [3.05, 3.63) is 12.7 Å². The van der Waals surface area contributed by atoms with Gasteiger partial charge in [0, 0.05) is 6.54 Å². The smallest absolute Gasteiger partial charge is 0.329 e. The van der Waals surface area contributed by atoms with Crippen LogP contribution in [0.4, 0.5) is 4.79 Å². The van der Waals surface area contributed by atoms with Crippen LogP contribution in [0.1, 0.15) is 45.4 Å². The minimum Gasteiger partial charge on any atom is -0.480 e. The molecule has 0 saturated heterocycles.